The van der Waals surface area contributed by atoms with Gasteiger partial charge >= 0.3 is 0 Å². The summed E-state index contributed by atoms with van der Waals surface area (Å²) in [6.45, 7) is 0. The molecule has 0 fully saturated rings. The zero-order chi connectivity index (χ0) is 27.1. The van der Waals surface area contributed by atoms with Crippen LogP contribution in [0.1, 0.15) is 0 Å². The standard InChI is InChI=1S/C37H22N2O2/c40-37-28-21-20-23(38-29-14-5-1-10-24(29)25-11-2-6-15-30(25)38)22-35(28)41-34-19-9-18-33(36(34)37)39-31-16-7-3-12-26(31)27-13-4-8-17-32(27)39/h1-22H. The Bertz CT molecular complexity index is 2460. The van der Waals surface area contributed by atoms with E-state index in [1.165, 1.54) is 10.8 Å². The fourth-order valence-corrected chi connectivity index (χ4v) is 6.58. The van der Waals surface area contributed by atoms with Gasteiger partial charge in [-0.3, -0.25) is 4.79 Å². The van der Waals surface area contributed by atoms with Crippen molar-refractivity contribution in [3.05, 3.63) is 144 Å². The highest BCUT2D eigenvalue weighted by Crippen LogP contribution is 2.36. The smallest absolute Gasteiger partial charge is 0.202 e. The van der Waals surface area contributed by atoms with Gasteiger partial charge in [-0.15, -0.1) is 0 Å². The number of aromatic nitrogens is 2. The Balaban J connectivity index is 1.34. The van der Waals surface area contributed by atoms with Gasteiger partial charge in [0.25, 0.3) is 0 Å². The van der Waals surface area contributed by atoms with Crippen molar-refractivity contribution in [1.82, 2.24) is 9.13 Å². The molecule has 0 saturated heterocycles. The Morgan fingerprint density at radius 2 is 0.951 bits per heavy atom. The molecule has 0 aliphatic heterocycles. The van der Waals surface area contributed by atoms with Crippen LogP contribution in [0.3, 0.4) is 0 Å². The zero-order valence-corrected chi connectivity index (χ0v) is 21.9. The van der Waals surface area contributed by atoms with Crippen LogP contribution in [0.25, 0.3) is 76.9 Å². The van der Waals surface area contributed by atoms with Crippen molar-refractivity contribution in [2.75, 3.05) is 0 Å². The van der Waals surface area contributed by atoms with Gasteiger partial charge in [0, 0.05) is 33.3 Å². The molecule has 9 rings (SSSR count). The predicted molar refractivity (Wildman–Crippen MR) is 169 cm³/mol. The van der Waals surface area contributed by atoms with Gasteiger partial charge in [-0.05, 0) is 48.5 Å². The van der Waals surface area contributed by atoms with Crippen LogP contribution in [0, 0.1) is 0 Å². The normalized spacial score (nSPS) is 12.0. The molecule has 3 aromatic heterocycles. The van der Waals surface area contributed by atoms with Crippen molar-refractivity contribution >= 4 is 65.6 Å². The molecule has 0 aliphatic carbocycles. The predicted octanol–water partition coefficient (Wildman–Crippen LogP) is 9.14. The molecule has 0 unspecified atom stereocenters. The van der Waals surface area contributed by atoms with Crippen LogP contribution >= 0.6 is 0 Å². The lowest BCUT2D eigenvalue weighted by molar-refractivity contribution is 0.659. The van der Waals surface area contributed by atoms with Crippen LogP contribution in [0.2, 0.25) is 0 Å². The molecule has 0 aliphatic rings. The van der Waals surface area contributed by atoms with E-state index in [2.05, 4.69) is 94.1 Å². The highest BCUT2D eigenvalue weighted by molar-refractivity contribution is 6.11. The minimum Gasteiger partial charge on any atom is -0.456 e. The summed E-state index contributed by atoms with van der Waals surface area (Å²) in [6.07, 6.45) is 0. The monoisotopic (exact) mass is 526 g/mol. The summed E-state index contributed by atoms with van der Waals surface area (Å²) in [5.41, 5.74) is 7.23. The van der Waals surface area contributed by atoms with Gasteiger partial charge in [0.05, 0.1) is 38.5 Å². The second-order valence-electron chi connectivity index (χ2n) is 10.5. The van der Waals surface area contributed by atoms with Crippen LogP contribution < -0.4 is 5.43 Å². The van der Waals surface area contributed by atoms with Gasteiger partial charge in [-0.2, -0.15) is 0 Å². The van der Waals surface area contributed by atoms with E-state index in [0.29, 0.717) is 21.9 Å². The van der Waals surface area contributed by atoms with Crippen LogP contribution in [0.5, 0.6) is 0 Å². The highest BCUT2D eigenvalue weighted by atomic mass is 16.3. The molecule has 9 aromatic rings. The summed E-state index contributed by atoms with van der Waals surface area (Å²) in [5.74, 6) is 0. The molecule has 3 heterocycles. The Hall–Kier alpha value is -5.61. The summed E-state index contributed by atoms with van der Waals surface area (Å²) < 4.78 is 10.9. The molecule has 4 nitrogen and oxygen atoms in total. The zero-order valence-electron chi connectivity index (χ0n) is 21.9. The second kappa shape index (κ2) is 8.20. The molecule has 0 amide bonds. The summed E-state index contributed by atoms with van der Waals surface area (Å²) >= 11 is 0. The van der Waals surface area contributed by atoms with E-state index in [0.717, 1.165) is 44.2 Å². The van der Waals surface area contributed by atoms with E-state index in [9.17, 15) is 4.79 Å². The lowest BCUT2D eigenvalue weighted by Crippen LogP contribution is -2.07. The van der Waals surface area contributed by atoms with Gasteiger partial charge < -0.3 is 13.6 Å². The first-order valence-electron chi connectivity index (χ1n) is 13.7. The number of hydrogen-bond acceptors (Lipinski definition) is 2. The van der Waals surface area contributed by atoms with Gasteiger partial charge in [0.15, 0.2) is 0 Å². The van der Waals surface area contributed by atoms with Crippen molar-refractivity contribution in [3.63, 3.8) is 0 Å². The lowest BCUT2D eigenvalue weighted by atomic mass is 10.1. The number of para-hydroxylation sites is 4. The van der Waals surface area contributed by atoms with Gasteiger partial charge in [0.2, 0.25) is 5.43 Å². The number of benzene rings is 6. The van der Waals surface area contributed by atoms with Crippen LogP contribution in [-0.2, 0) is 0 Å². The van der Waals surface area contributed by atoms with E-state index in [1.807, 2.05) is 48.5 Å². The first kappa shape index (κ1) is 22.2. The molecule has 0 saturated carbocycles. The first-order chi connectivity index (χ1) is 20.3. The Kier molecular flexibility index (Phi) is 4.44. The number of nitrogens with zero attached hydrogens (tertiary/aromatic N) is 2. The summed E-state index contributed by atoms with van der Waals surface area (Å²) in [5, 5.41) is 5.84. The van der Waals surface area contributed by atoms with Crippen LogP contribution in [0.15, 0.2) is 143 Å². The molecule has 0 bridgehead atoms. The molecular formula is C37H22N2O2. The number of hydrogen-bond donors (Lipinski definition) is 0. The number of fused-ring (bicyclic) bond motifs is 8. The SMILES string of the molecule is O=c1c2ccc(-n3c4ccccc4c4ccccc43)cc2oc2cccc(-n3c4ccccc4c4ccccc43)c12. The fourth-order valence-electron chi connectivity index (χ4n) is 6.58. The molecular weight excluding hydrogens is 504 g/mol. The van der Waals surface area contributed by atoms with E-state index < -0.39 is 0 Å². The van der Waals surface area contributed by atoms with Crippen LogP contribution in [0.4, 0.5) is 0 Å². The van der Waals surface area contributed by atoms with Gasteiger partial charge in [-0.1, -0.05) is 78.9 Å². The summed E-state index contributed by atoms with van der Waals surface area (Å²) in [7, 11) is 0. The maximum Gasteiger partial charge on any atom is 0.202 e. The second-order valence-corrected chi connectivity index (χ2v) is 10.5. The third-order valence-electron chi connectivity index (χ3n) is 8.32. The molecule has 0 radical (unpaired) electrons. The van der Waals surface area contributed by atoms with E-state index in [4.69, 9.17) is 4.42 Å². The Morgan fingerprint density at radius 1 is 0.439 bits per heavy atom. The molecule has 0 spiro atoms. The van der Waals surface area contributed by atoms with E-state index >= 15 is 0 Å². The maximum absolute atomic E-state index is 14.2. The molecule has 6 aromatic carbocycles. The van der Waals surface area contributed by atoms with Crippen molar-refractivity contribution in [3.8, 4) is 11.4 Å². The van der Waals surface area contributed by atoms with Crippen molar-refractivity contribution in [1.29, 1.82) is 0 Å². The van der Waals surface area contributed by atoms with Crippen molar-refractivity contribution < 1.29 is 4.42 Å². The molecule has 192 valence electrons. The third kappa shape index (κ3) is 3.02. The van der Waals surface area contributed by atoms with Crippen LogP contribution in [-0.4, -0.2) is 9.13 Å². The fraction of sp³-hybridized carbons (Fsp3) is 0. The third-order valence-corrected chi connectivity index (χ3v) is 8.32. The highest BCUT2D eigenvalue weighted by Gasteiger charge is 2.18. The minimum absolute atomic E-state index is 0.0347. The average Bonchev–Trinajstić information content (AvgIpc) is 3.54. The van der Waals surface area contributed by atoms with E-state index in [-0.39, 0.29) is 5.43 Å². The molecule has 4 heteroatoms. The summed E-state index contributed by atoms with van der Waals surface area (Å²) in [4.78, 5) is 14.2. The summed E-state index contributed by atoms with van der Waals surface area (Å²) in [6, 6.07) is 45.3. The maximum atomic E-state index is 14.2. The van der Waals surface area contributed by atoms with Crippen molar-refractivity contribution in [2.45, 2.75) is 0 Å². The molecule has 41 heavy (non-hydrogen) atoms. The Labute approximate surface area is 233 Å². The quantitative estimate of drug-likeness (QED) is 0.211. The number of rotatable bonds is 2. The lowest BCUT2D eigenvalue weighted by Gasteiger charge is -2.12. The van der Waals surface area contributed by atoms with Crippen molar-refractivity contribution in [2.24, 2.45) is 0 Å². The molecule has 0 N–H and O–H groups in total. The minimum atomic E-state index is -0.0347. The average molecular weight is 527 g/mol. The Morgan fingerprint density at radius 3 is 1.51 bits per heavy atom. The molecule has 0 atom stereocenters. The van der Waals surface area contributed by atoms with E-state index in [1.54, 1.807) is 0 Å². The topological polar surface area (TPSA) is 40.1 Å². The first-order valence-corrected chi connectivity index (χ1v) is 13.7. The van der Waals surface area contributed by atoms with Gasteiger partial charge in [0.1, 0.15) is 11.2 Å². The largest absolute Gasteiger partial charge is 0.456 e. The van der Waals surface area contributed by atoms with Gasteiger partial charge in [-0.25, -0.2) is 0 Å².